The summed E-state index contributed by atoms with van der Waals surface area (Å²) in [5, 5.41) is 11.3. The highest BCUT2D eigenvalue weighted by Crippen LogP contribution is 2.27. The maximum atomic E-state index is 12.4. The van der Waals surface area contributed by atoms with Crippen molar-refractivity contribution in [2.24, 2.45) is 0 Å². The standard InChI is InChI=1S/C21H25NO4S/c1-15(17-9-4-3-5-10-17)26-14-8-13-22-20(23)18-11-6-7-12-19(18)27-16(2)21(24)25/h3-7,9-12,15-16H,8,13-14H2,1-2H3,(H,22,23)(H,24,25). The number of carboxylic acid groups (broad SMARTS) is 1. The summed E-state index contributed by atoms with van der Waals surface area (Å²) in [4.78, 5) is 24.1. The van der Waals surface area contributed by atoms with Gasteiger partial charge in [-0.15, -0.1) is 11.8 Å². The first-order valence-corrected chi connectivity index (χ1v) is 9.80. The van der Waals surface area contributed by atoms with E-state index >= 15 is 0 Å². The summed E-state index contributed by atoms with van der Waals surface area (Å²) in [6.45, 7) is 4.65. The Balaban J connectivity index is 1.78. The Morgan fingerprint density at radius 3 is 2.44 bits per heavy atom. The molecular formula is C21H25NO4S. The van der Waals surface area contributed by atoms with Crippen LogP contribution in [0.5, 0.6) is 0 Å². The van der Waals surface area contributed by atoms with Crippen LogP contribution in [0.2, 0.25) is 0 Å². The Bertz CT molecular complexity index is 751. The van der Waals surface area contributed by atoms with Gasteiger partial charge in [-0.3, -0.25) is 9.59 Å². The Labute approximate surface area is 164 Å². The minimum atomic E-state index is -0.903. The van der Waals surface area contributed by atoms with Gasteiger partial charge in [-0.2, -0.15) is 0 Å². The molecule has 0 fully saturated rings. The number of thioether (sulfide) groups is 1. The number of rotatable bonds is 10. The average molecular weight is 388 g/mol. The quantitative estimate of drug-likeness (QED) is 0.473. The Morgan fingerprint density at radius 2 is 1.74 bits per heavy atom. The number of benzene rings is 2. The van der Waals surface area contributed by atoms with E-state index in [1.165, 1.54) is 11.8 Å². The van der Waals surface area contributed by atoms with E-state index in [1.54, 1.807) is 31.2 Å². The second kappa shape index (κ2) is 10.7. The largest absolute Gasteiger partial charge is 0.480 e. The van der Waals surface area contributed by atoms with Crippen molar-refractivity contribution in [3.8, 4) is 0 Å². The van der Waals surface area contributed by atoms with Crippen molar-refractivity contribution in [2.45, 2.75) is 36.5 Å². The van der Waals surface area contributed by atoms with Gasteiger partial charge in [0.1, 0.15) is 5.25 Å². The lowest BCUT2D eigenvalue weighted by atomic mass is 10.1. The Hall–Kier alpha value is -2.31. The van der Waals surface area contributed by atoms with E-state index in [2.05, 4.69) is 5.32 Å². The van der Waals surface area contributed by atoms with E-state index in [9.17, 15) is 9.59 Å². The van der Waals surface area contributed by atoms with E-state index < -0.39 is 11.2 Å². The van der Waals surface area contributed by atoms with Gasteiger partial charge in [0, 0.05) is 18.0 Å². The number of carboxylic acids is 1. The summed E-state index contributed by atoms with van der Waals surface area (Å²) >= 11 is 1.17. The number of ether oxygens (including phenoxy) is 1. The summed E-state index contributed by atoms with van der Waals surface area (Å²) < 4.78 is 5.80. The number of amides is 1. The third kappa shape index (κ3) is 6.73. The summed E-state index contributed by atoms with van der Waals surface area (Å²) in [6, 6.07) is 17.0. The highest BCUT2D eigenvalue weighted by Gasteiger charge is 2.17. The fourth-order valence-corrected chi connectivity index (χ4v) is 3.37. The number of nitrogens with one attached hydrogen (secondary N) is 1. The van der Waals surface area contributed by atoms with Crippen LogP contribution in [-0.2, 0) is 9.53 Å². The normalized spacial score (nSPS) is 13.0. The lowest BCUT2D eigenvalue weighted by Gasteiger charge is -2.14. The lowest BCUT2D eigenvalue weighted by molar-refractivity contribution is -0.136. The van der Waals surface area contributed by atoms with Crippen LogP contribution in [0.4, 0.5) is 0 Å². The van der Waals surface area contributed by atoms with Gasteiger partial charge in [-0.25, -0.2) is 0 Å². The van der Waals surface area contributed by atoms with Crippen LogP contribution in [0.1, 0.15) is 42.3 Å². The minimum absolute atomic E-state index is 0.0107. The van der Waals surface area contributed by atoms with E-state index in [0.29, 0.717) is 30.0 Å². The van der Waals surface area contributed by atoms with Crippen LogP contribution in [0.3, 0.4) is 0 Å². The lowest BCUT2D eigenvalue weighted by Crippen LogP contribution is -2.26. The van der Waals surface area contributed by atoms with Crippen LogP contribution >= 0.6 is 11.8 Å². The maximum absolute atomic E-state index is 12.4. The molecule has 0 saturated heterocycles. The molecule has 2 aromatic carbocycles. The van der Waals surface area contributed by atoms with Crippen molar-refractivity contribution >= 4 is 23.6 Å². The van der Waals surface area contributed by atoms with Crippen molar-refractivity contribution in [1.82, 2.24) is 5.32 Å². The van der Waals surface area contributed by atoms with Gasteiger partial charge in [0.25, 0.3) is 5.91 Å². The Kier molecular flexibility index (Phi) is 8.36. The fourth-order valence-electron chi connectivity index (χ4n) is 2.45. The summed E-state index contributed by atoms with van der Waals surface area (Å²) in [6.07, 6.45) is 0.709. The average Bonchev–Trinajstić information content (AvgIpc) is 2.68. The molecule has 2 N–H and O–H groups in total. The summed E-state index contributed by atoms with van der Waals surface area (Å²) in [5.41, 5.74) is 1.62. The van der Waals surface area contributed by atoms with Gasteiger partial charge in [0.15, 0.2) is 0 Å². The molecule has 0 aliphatic rings. The van der Waals surface area contributed by atoms with Crippen LogP contribution in [0.15, 0.2) is 59.5 Å². The van der Waals surface area contributed by atoms with Gasteiger partial charge < -0.3 is 15.2 Å². The number of hydrogen-bond acceptors (Lipinski definition) is 4. The van der Waals surface area contributed by atoms with E-state index in [-0.39, 0.29) is 12.0 Å². The highest BCUT2D eigenvalue weighted by atomic mass is 32.2. The second-order valence-corrected chi connectivity index (χ2v) is 7.51. The molecule has 0 bridgehead atoms. The van der Waals surface area contributed by atoms with Crippen molar-refractivity contribution in [1.29, 1.82) is 0 Å². The van der Waals surface area contributed by atoms with Gasteiger partial charge in [0.2, 0.25) is 0 Å². The van der Waals surface area contributed by atoms with Crippen LogP contribution in [0, 0.1) is 0 Å². The zero-order valence-corrected chi connectivity index (χ0v) is 16.4. The Morgan fingerprint density at radius 1 is 1.07 bits per heavy atom. The molecule has 6 heteroatoms. The van der Waals surface area contributed by atoms with Crippen molar-refractivity contribution in [3.63, 3.8) is 0 Å². The summed E-state index contributed by atoms with van der Waals surface area (Å²) in [5.74, 6) is -1.10. The smallest absolute Gasteiger partial charge is 0.316 e. The molecule has 2 atom stereocenters. The van der Waals surface area contributed by atoms with Gasteiger partial charge in [-0.05, 0) is 38.0 Å². The first-order chi connectivity index (χ1) is 13.0. The van der Waals surface area contributed by atoms with Gasteiger partial charge in [0.05, 0.1) is 11.7 Å². The molecule has 0 radical (unpaired) electrons. The molecule has 0 spiro atoms. The monoisotopic (exact) mass is 387 g/mol. The molecule has 2 unspecified atom stereocenters. The predicted molar refractivity (Wildman–Crippen MR) is 107 cm³/mol. The zero-order valence-electron chi connectivity index (χ0n) is 15.6. The molecule has 0 aliphatic heterocycles. The van der Waals surface area contributed by atoms with Crippen LogP contribution < -0.4 is 5.32 Å². The number of carbonyl (C=O) groups excluding carboxylic acids is 1. The van der Waals surface area contributed by atoms with E-state index in [0.717, 1.165) is 5.56 Å². The molecule has 0 saturated carbocycles. The van der Waals surface area contributed by atoms with Gasteiger partial charge in [-0.1, -0.05) is 42.5 Å². The molecule has 144 valence electrons. The van der Waals surface area contributed by atoms with Crippen LogP contribution in [0.25, 0.3) is 0 Å². The molecule has 0 aliphatic carbocycles. The van der Waals surface area contributed by atoms with Crippen molar-refractivity contribution in [2.75, 3.05) is 13.2 Å². The molecule has 27 heavy (non-hydrogen) atoms. The summed E-state index contributed by atoms with van der Waals surface area (Å²) in [7, 11) is 0. The third-order valence-corrected chi connectivity index (χ3v) is 5.19. The van der Waals surface area contributed by atoms with E-state index in [4.69, 9.17) is 9.84 Å². The molecule has 0 heterocycles. The molecule has 5 nitrogen and oxygen atoms in total. The zero-order chi connectivity index (χ0) is 19.6. The minimum Gasteiger partial charge on any atom is -0.480 e. The molecule has 2 aromatic rings. The first kappa shape index (κ1) is 21.0. The second-order valence-electron chi connectivity index (χ2n) is 6.13. The van der Waals surface area contributed by atoms with Gasteiger partial charge >= 0.3 is 5.97 Å². The third-order valence-electron chi connectivity index (χ3n) is 4.03. The SMILES string of the molecule is CC(Sc1ccccc1C(=O)NCCCOC(C)c1ccccc1)C(=O)O. The topological polar surface area (TPSA) is 75.6 Å². The number of aliphatic carboxylic acids is 1. The number of carbonyl (C=O) groups is 2. The van der Waals surface area contributed by atoms with Crippen molar-refractivity contribution < 1.29 is 19.4 Å². The molecular weight excluding hydrogens is 362 g/mol. The molecule has 0 aromatic heterocycles. The predicted octanol–water partition coefficient (Wildman–Crippen LogP) is 4.15. The molecule has 1 amide bonds. The van der Waals surface area contributed by atoms with E-state index in [1.807, 2.05) is 37.3 Å². The molecule has 2 rings (SSSR count). The maximum Gasteiger partial charge on any atom is 0.316 e. The van der Waals surface area contributed by atoms with Crippen molar-refractivity contribution in [3.05, 3.63) is 65.7 Å². The number of hydrogen-bond donors (Lipinski definition) is 2. The van der Waals surface area contributed by atoms with Crippen LogP contribution in [-0.4, -0.2) is 35.4 Å². The highest BCUT2D eigenvalue weighted by molar-refractivity contribution is 8.00. The first-order valence-electron chi connectivity index (χ1n) is 8.92. The fraction of sp³-hybridized carbons (Fsp3) is 0.333.